The molecular formula is C8H11NO2S. The fraction of sp³-hybridized carbons (Fsp3) is 0.375. The first-order valence-corrected chi connectivity index (χ1v) is 4.60. The molecular weight excluding hydrogens is 174 g/mol. The van der Waals surface area contributed by atoms with E-state index in [-0.39, 0.29) is 5.97 Å². The lowest BCUT2D eigenvalue weighted by atomic mass is 10.3. The van der Waals surface area contributed by atoms with Crippen molar-refractivity contribution >= 4 is 17.3 Å². The zero-order chi connectivity index (χ0) is 8.97. The normalized spacial score (nSPS) is 9.83. The van der Waals surface area contributed by atoms with Gasteiger partial charge in [-0.25, -0.2) is 4.79 Å². The van der Waals surface area contributed by atoms with Gasteiger partial charge < -0.3 is 10.5 Å². The molecule has 1 aromatic heterocycles. The summed E-state index contributed by atoms with van der Waals surface area (Å²) in [4.78, 5) is 11.7. The highest BCUT2D eigenvalue weighted by Crippen LogP contribution is 2.14. The average molecular weight is 185 g/mol. The lowest BCUT2D eigenvalue weighted by Gasteiger charge is -1.96. The first-order valence-electron chi connectivity index (χ1n) is 3.72. The van der Waals surface area contributed by atoms with Crippen molar-refractivity contribution in [1.82, 2.24) is 0 Å². The third-order valence-electron chi connectivity index (χ3n) is 1.37. The van der Waals surface area contributed by atoms with Gasteiger partial charge >= 0.3 is 5.97 Å². The van der Waals surface area contributed by atoms with E-state index in [0.29, 0.717) is 18.0 Å². The molecule has 0 amide bonds. The summed E-state index contributed by atoms with van der Waals surface area (Å²) in [5.74, 6) is -0.262. The molecule has 4 heteroatoms. The monoisotopic (exact) mass is 185 g/mol. The van der Waals surface area contributed by atoms with E-state index in [1.54, 1.807) is 13.0 Å². The summed E-state index contributed by atoms with van der Waals surface area (Å²) in [7, 11) is 0. The average Bonchev–Trinajstić information content (AvgIpc) is 2.52. The molecule has 0 saturated heterocycles. The fourth-order valence-electron chi connectivity index (χ4n) is 0.792. The Hall–Kier alpha value is -0.870. The van der Waals surface area contributed by atoms with E-state index < -0.39 is 0 Å². The molecule has 1 aromatic rings. The van der Waals surface area contributed by atoms with E-state index in [1.807, 2.05) is 5.38 Å². The largest absolute Gasteiger partial charge is 0.462 e. The third-order valence-corrected chi connectivity index (χ3v) is 2.33. The molecule has 2 N–H and O–H groups in total. The Kier molecular flexibility index (Phi) is 3.25. The molecule has 0 aliphatic rings. The van der Waals surface area contributed by atoms with Crippen molar-refractivity contribution < 1.29 is 9.53 Å². The number of rotatable bonds is 3. The minimum atomic E-state index is -0.262. The minimum Gasteiger partial charge on any atom is -0.462 e. The quantitative estimate of drug-likeness (QED) is 0.724. The highest BCUT2D eigenvalue weighted by atomic mass is 32.1. The van der Waals surface area contributed by atoms with Crippen molar-refractivity contribution in [2.75, 3.05) is 6.61 Å². The molecule has 0 spiro atoms. The van der Waals surface area contributed by atoms with Gasteiger partial charge in [0.15, 0.2) is 0 Å². The molecule has 1 rings (SSSR count). The Morgan fingerprint density at radius 1 is 1.75 bits per heavy atom. The molecule has 0 unspecified atom stereocenters. The Morgan fingerprint density at radius 3 is 3.00 bits per heavy atom. The maximum atomic E-state index is 11.1. The highest BCUT2D eigenvalue weighted by Gasteiger charge is 2.08. The van der Waals surface area contributed by atoms with Crippen LogP contribution in [0.1, 0.15) is 22.2 Å². The standard InChI is InChI=1S/C8H11NO2S/c1-2-11-8(10)7-3-6(4-9)5-12-7/h3,5H,2,4,9H2,1H3. The number of hydrogen-bond donors (Lipinski definition) is 1. The second-order valence-electron chi connectivity index (χ2n) is 2.24. The molecule has 0 bridgehead atoms. The Morgan fingerprint density at radius 2 is 2.50 bits per heavy atom. The van der Waals surface area contributed by atoms with Crippen molar-refractivity contribution in [3.8, 4) is 0 Å². The summed E-state index contributed by atoms with van der Waals surface area (Å²) in [6.45, 7) is 2.67. The van der Waals surface area contributed by atoms with Crippen molar-refractivity contribution in [1.29, 1.82) is 0 Å². The van der Waals surface area contributed by atoms with Crippen LogP contribution in [0.3, 0.4) is 0 Å². The van der Waals surface area contributed by atoms with Gasteiger partial charge in [0, 0.05) is 6.54 Å². The van der Waals surface area contributed by atoms with Gasteiger partial charge in [0.25, 0.3) is 0 Å². The Balaban J connectivity index is 2.68. The molecule has 0 fully saturated rings. The Labute approximate surface area is 75.1 Å². The molecule has 3 nitrogen and oxygen atoms in total. The second-order valence-corrected chi connectivity index (χ2v) is 3.16. The van der Waals surface area contributed by atoms with Gasteiger partial charge in [0.1, 0.15) is 4.88 Å². The maximum absolute atomic E-state index is 11.1. The predicted octanol–water partition coefficient (Wildman–Crippen LogP) is 1.38. The van der Waals surface area contributed by atoms with Gasteiger partial charge in [-0.1, -0.05) is 0 Å². The van der Waals surface area contributed by atoms with Gasteiger partial charge in [0.2, 0.25) is 0 Å². The number of esters is 1. The number of thiophene rings is 1. The number of carbonyl (C=O) groups excluding carboxylic acids is 1. The summed E-state index contributed by atoms with van der Waals surface area (Å²) in [6.07, 6.45) is 0. The summed E-state index contributed by atoms with van der Waals surface area (Å²) in [5.41, 5.74) is 6.37. The van der Waals surface area contributed by atoms with Crippen molar-refractivity contribution in [2.24, 2.45) is 5.73 Å². The van der Waals surface area contributed by atoms with Crippen LogP contribution in [0.15, 0.2) is 11.4 Å². The number of carbonyl (C=O) groups is 1. The van der Waals surface area contributed by atoms with Crippen molar-refractivity contribution in [2.45, 2.75) is 13.5 Å². The van der Waals surface area contributed by atoms with Crippen LogP contribution in [0.4, 0.5) is 0 Å². The van der Waals surface area contributed by atoms with E-state index in [2.05, 4.69) is 0 Å². The zero-order valence-corrected chi connectivity index (χ0v) is 7.69. The lowest BCUT2D eigenvalue weighted by molar-refractivity contribution is 0.0532. The van der Waals surface area contributed by atoms with Crippen LogP contribution in [0.25, 0.3) is 0 Å². The zero-order valence-electron chi connectivity index (χ0n) is 6.87. The summed E-state index contributed by atoms with van der Waals surface area (Å²) >= 11 is 1.37. The van der Waals surface area contributed by atoms with Crippen LogP contribution in [0.5, 0.6) is 0 Å². The van der Waals surface area contributed by atoms with Crippen LogP contribution in [0.2, 0.25) is 0 Å². The van der Waals surface area contributed by atoms with E-state index in [1.165, 1.54) is 11.3 Å². The van der Waals surface area contributed by atoms with Crippen molar-refractivity contribution in [3.05, 3.63) is 21.9 Å². The summed E-state index contributed by atoms with van der Waals surface area (Å²) < 4.78 is 4.82. The van der Waals surface area contributed by atoms with Crippen LogP contribution in [-0.2, 0) is 11.3 Å². The first-order chi connectivity index (χ1) is 5.77. The minimum absolute atomic E-state index is 0.262. The molecule has 0 aliphatic carbocycles. The third kappa shape index (κ3) is 2.06. The van der Waals surface area contributed by atoms with Gasteiger partial charge in [-0.3, -0.25) is 0 Å². The van der Waals surface area contributed by atoms with Crippen molar-refractivity contribution in [3.63, 3.8) is 0 Å². The molecule has 0 atom stereocenters. The first kappa shape index (κ1) is 9.22. The van der Waals surface area contributed by atoms with Crippen LogP contribution in [0, 0.1) is 0 Å². The predicted molar refractivity (Wildman–Crippen MR) is 48.2 cm³/mol. The van der Waals surface area contributed by atoms with Crippen LogP contribution >= 0.6 is 11.3 Å². The maximum Gasteiger partial charge on any atom is 0.348 e. The molecule has 0 aromatic carbocycles. The SMILES string of the molecule is CCOC(=O)c1cc(CN)cs1. The molecule has 66 valence electrons. The number of nitrogens with two attached hydrogens (primary N) is 1. The van der Waals surface area contributed by atoms with Gasteiger partial charge in [0.05, 0.1) is 6.61 Å². The van der Waals surface area contributed by atoms with E-state index in [0.717, 1.165) is 5.56 Å². The summed E-state index contributed by atoms with van der Waals surface area (Å²) in [6, 6.07) is 1.77. The molecule has 0 saturated carbocycles. The molecule has 12 heavy (non-hydrogen) atoms. The number of hydrogen-bond acceptors (Lipinski definition) is 4. The van der Waals surface area contributed by atoms with Gasteiger partial charge in [-0.05, 0) is 23.9 Å². The van der Waals surface area contributed by atoms with Crippen LogP contribution < -0.4 is 5.73 Å². The van der Waals surface area contributed by atoms with E-state index in [9.17, 15) is 4.79 Å². The van der Waals surface area contributed by atoms with Gasteiger partial charge in [-0.2, -0.15) is 0 Å². The van der Waals surface area contributed by atoms with Crippen LogP contribution in [-0.4, -0.2) is 12.6 Å². The molecule has 0 radical (unpaired) electrons. The molecule has 1 heterocycles. The lowest BCUT2D eigenvalue weighted by Crippen LogP contribution is -2.02. The highest BCUT2D eigenvalue weighted by molar-refractivity contribution is 7.12. The Bertz CT molecular complexity index is 270. The van der Waals surface area contributed by atoms with Gasteiger partial charge in [-0.15, -0.1) is 11.3 Å². The second kappa shape index (κ2) is 4.23. The van der Waals surface area contributed by atoms with E-state index in [4.69, 9.17) is 10.5 Å². The summed E-state index contributed by atoms with van der Waals surface area (Å²) in [5, 5.41) is 1.87. The van der Waals surface area contributed by atoms with E-state index >= 15 is 0 Å². The topological polar surface area (TPSA) is 52.3 Å². The molecule has 0 aliphatic heterocycles. The number of ether oxygens (including phenoxy) is 1. The fourth-order valence-corrected chi connectivity index (χ4v) is 1.61. The smallest absolute Gasteiger partial charge is 0.348 e.